The SMILES string of the molecule is CNC(=O)c1nnc(NC(=O)[C@H]2C[C@H]2C)cc1Nc1nccc(-c2cnn(C)n2)c1OC. The van der Waals surface area contributed by atoms with Gasteiger partial charge in [0.2, 0.25) is 5.91 Å². The molecule has 4 rings (SSSR count). The molecular formula is C20H23N9O3. The van der Waals surface area contributed by atoms with E-state index in [0.717, 1.165) is 6.42 Å². The number of carbonyl (C=O) groups excluding carboxylic acids is 2. The maximum absolute atomic E-state index is 12.4. The fourth-order valence-electron chi connectivity index (χ4n) is 3.28. The molecule has 3 N–H and O–H groups in total. The summed E-state index contributed by atoms with van der Waals surface area (Å²) in [4.78, 5) is 30.4. The van der Waals surface area contributed by atoms with Crippen molar-refractivity contribution in [3.8, 4) is 17.0 Å². The molecule has 2 atom stereocenters. The molecular weight excluding hydrogens is 414 g/mol. The lowest BCUT2D eigenvalue weighted by molar-refractivity contribution is -0.117. The number of aryl methyl sites for hydroxylation is 1. The zero-order valence-electron chi connectivity index (χ0n) is 18.1. The fraction of sp³-hybridized carbons (Fsp3) is 0.350. The van der Waals surface area contributed by atoms with Crippen molar-refractivity contribution in [1.29, 1.82) is 0 Å². The quantitative estimate of drug-likeness (QED) is 0.498. The number of anilines is 3. The van der Waals surface area contributed by atoms with Crippen LogP contribution >= 0.6 is 0 Å². The molecule has 166 valence electrons. The average molecular weight is 437 g/mol. The lowest BCUT2D eigenvalue weighted by Crippen LogP contribution is -2.22. The summed E-state index contributed by atoms with van der Waals surface area (Å²) in [7, 11) is 4.72. The van der Waals surface area contributed by atoms with Crippen LogP contribution in [0.2, 0.25) is 0 Å². The normalized spacial score (nSPS) is 16.9. The minimum atomic E-state index is -0.447. The maximum Gasteiger partial charge on any atom is 0.273 e. The van der Waals surface area contributed by atoms with Gasteiger partial charge in [0.05, 0.1) is 24.6 Å². The molecule has 2 amide bonds. The second-order valence-electron chi connectivity index (χ2n) is 7.46. The van der Waals surface area contributed by atoms with Gasteiger partial charge in [-0.25, -0.2) is 4.98 Å². The molecule has 0 bridgehead atoms. The first kappa shape index (κ1) is 21.2. The highest BCUT2D eigenvalue weighted by atomic mass is 16.5. The minimum Gasteiger partial charge on any atom is -0.492 e. The van der Waals surface area contributed by atoms with Crippen LogP contribution in [-0.2, 0) is 11.8 Å². The molecule has 1 aliphatic rings. The molecule has 0 spiro atoms. The van der Waals surface area contributed by atoms with Gasteiger partial charge in [-0.05, 0) is 18.4 Å². The van der Waals surface area contributed by atoms with Crippen molar-refractivity contribution in [1.82, 2.24) is 35.5 Å². The highest BCUT2D eigenvalue weighted by Crippen LogP contribution is 2.39. The molecule has 1 aliphatic carbocycles. The Hall–Kier alpha value is -4.09. The average Bonchev–Trinajstić information content (AvgIpc) is 3.37. The largest absolute Gasteiger partial charge is 0.492 e. The maximum atomic E-state index is 12.4. The summed E-state index contributed by atoms with van der Waals surface area (Å²) in [6.07, 6.45) is 4.04. The smallest absolute Gasteiger partial charge is 0.273 e. The number of nitrogens with one attached hydrogen (secondary N) is 3. The molecule has 12 heteroatoms. The van der Waals surface area contributed by atoms with Crippen LogP contribution in [0.5, 0.6) is 5.75 Å². The first-order chi connectivity index (χ1) is 15.4. The lowest BCUT2D eigenvalue weighted by Gasteiger charge is -2.15. The second-order valence-corrected chi connectivity index (χ2v) is 7.46. The molecule has 12 nitrogen and oxygen atoms in total. The minimum absolute atomic E-state index is 0.0303. The molecule has 32 heavy (non-hydrogen) atoms. The van der Waals surface area contributed by atoms with E-state index in [1.54, 1.807) is 31.6 Å². The summed E-state index contributed by atoms with van der Waals surface area (Å²) in [5.41, 5.74) is 1.61. The van der Waals surface area contributed by atoms with Crippen molar-refractivity contribution < 1.29 is 14.3 Å². The Kier molecular flexibility index (Phi) is 5.67. The number of aromatic nitrogens is 6. The summed E-state index contributed by atoms with van der Waals surface area (Å²) in [5.74, 6) is 0.726. The number of pyridine rings is 1. The molecule has 1 saturated carbocycles. The number of rotatable bonds is 7. The predicted molar refractivity (Wildman–Crippen MR) is 115 cm³/mol. The molecule has 3 aromatic rings. The topological polar surface area (TPSA) is 149 Å². The third-order valence-corrected chi connectivity index (χ3v) is 5.17. The van der Waals surface area contributed by atoms with E-state index >= 15 is 0 Å². The zero-order valence-corrected chi connectivity index (χ0v) is 18.1. The van der Waals surface area contributed by atoms with Gasteiger partial charge in [0.25, 0.3) is 5.91 Å². The van der Waals surface area contributed by atoms with Gasteiger partial charge in [0, 0.05) is 32.3 Å². The number of amides is 2. The third kappa shape index (κ3) is 4.19. The summed E-state index contributed by atoms with van der Waals surface area (Å²) in [6.45, 7) is 2.01. The number of ether oxygens (including phenoxy) is 1. The number of hydrogen-bond acceptors (Lipinski definition) is 9. The number of methoxy groups -OCH3 is 1. The standard InChI is InChI=1S/C20H23N9O3/c1-10-7-12(10)19(30)25-15-8-13(16(27-26-15)20(31)21-2)24-18-17(32-4)11(5-6-22-18)14-9-23-29(3)28-14/h5-6,8-10,12H,7H2,1-4H3,(H,21,31)(H2,22,24,25,26,30)/t10-,12+/m1/s1. The molecule has 0 radical (unpaired) electrons. The monoisotopic (exact) mass is 437 g/mol. The van der Waals surface area contributed by atoms with Gasteiger partial charge in [-0.15, -0.1) is 10.2 Å². The molecule has 0 saturated heterocycles. The van der Waals surface area contributed by atoms with Crippen LogP contribution in [0.4, 0.5) is 17.3 Å². The van der Waals surface area contributed by atoms with Gasteiger partial charge in [-0.3, -0.25) is 9.59 Å². The van der Waals surface area contributed by atoms with E-state index in [9.17, 15) is 9.59 Å². The summed E-state index contributed by atoms with van der Waals surface area (Å²) in [5, 5.41) is 24.8. The van der Waals surface area contributed by atoms with Crippen molar-refractivity contribution in [3.63, 3.8) is 0 Å². The van der Waals surface area contributed by atoms with Crippen LogP contribution in [0.1, 0.15) is 23.8 Å². The zero-order chi connectivity index (χ0) is 22.8. The molecule has 3 heterocycles. The van der Waals surface area contributed by atoms with E-state index in [1.807, 2.05) is 6.92 Å². The van der Waals surface area contributed by atoms with E-state index in [0.29, 0.717) is 34.4 Å². The van der Waals surface area contributed by atoms with Crippen LogP contribution in [0.15, 0.2) is 24.5 Å². The van der Waals surface area contributed by atoms with E-state index in [-0.39, 0.29) is 23.3 Å². The van der Waals surface area contributed by atoms with Gasteiger partial charge < -0.3 is 20.7 Å². The van der Waals surface area contributed by atoms with Gasteiger partial charge in [-0.1, -0.05) is 6.92 Å². The van der Waals surface area contributed by atoms with Crippen molar-refractivity contribution >= 4 is 29.1 Å². The lowest BCUT2D eigenvalue weighted by atomic mass is 10.2. The van der Waals surface area contributed by atoms with Gasteiger partial charge in [0.1, 0.15) is 5.69 Å². The van der Waals surface area contributed by atoms with Gasteiger partial charge in [-0.2, -0.15) is 15.0 Å². The Balaban J connectivity index is 1.70. The second kappa shape index (κ2) is 8.57. The molecule has 0 aromatic carbocycles. The van der Waals surface area contributed by atoms with E-state index < -0.39 is 5.91 Å². The number of nitrogens with zero attached hydrogens (tertiary/aromatic N) is 6. The summed E-state index contributed by atoms with van der Waals surface area (Å²) >= 11 is 0. The van der Waals surface area contributed by atoms with Crippen LogP contribution in [-0.4, -0.2) is 56.1 Å². The Morgan fingerprint density at radius 3 is 2.69 bits per heavy atom. The van der Waals surface area contributed by atoms with E-state index in [4.69, 9.17) is 4.74 Å². The first-order valence-corrected chi connectivity index (χ1v) is 9.98. The highest BCUT2D eigenvalue weighted by molar-refractivity contribution is 6.00. The van der Waals surface area contributed by atoms with Crippen molar-refractivity contribution in [3.05, 3.63) is 30.2 Å². The fourth-order valence-corrected chi connectivity index (χ4v) is 3.28. The van der Waals surface area contributed by atoms with Crippen molar-refractivity contribution in [2.45, 2.75) is 13.3 Å². The van der Waals surface area contributed by atoms with Gasteiger partial charge >= 0.3 is 0 Å². The van der Waals surface area contributed by atoms with Crippen LogP contribution in [0, 0.1) is 11.8 Å². The summed E-state index contributed by atoms with van der Waals surface area (Å²) < 4.78 is 5.58. The van der Waals surface area contributed by atoms with E-state index in [1.165, 1.54) is 19.0 Å². The van der Waals surface area contributed by atoms with Crippen molar-refractivity contribution in [2.24, 2.45) is 18.9 Å². The third-order valence-electron chi connectivity index (χ3n) is 5.17. The van der Waals surface area contributed by atoms with Crippen molar-refractivity contribution in [2.75, 3.05) is 24.8 Å². The number of carbonyl (C=O) groups is 2. The Morgan fingerprint density at radius 1 is 1.28 bits per heavy atom. The summed E-state index contributed by atoms with van der Waals surface area (Å²) in [6, 6.07) is 3.29. The first-order valence-electron chi connectivity index (χ1n) is 9.98. The predicted octanol–water partition coefficient (Wildman–Crippen LogP) is 1.37. The Bertz CT molecular complexity index is 1180. The molecule has 3 aromatic heterocycles. The van der Waals surface area contributed by atoms with Crippen LogP contribution < -0.4 is 20.7 Å². The van der Waals surface area contributed by atoms with Crippen LogP contribution in [0.3, 0.4) is 0 Å². The van der Waals surface area contributed by atoms with Gasteiger partial charge in [0.15, 0.2) is 23.1 Å². The molecule has 1 fully saturated rings. The molecule has 0 aliphatic heterocycles. The highest BCUT2D eigenvalue weighted by Gasteiger charge is 2.39. The van der Waals surface area contributed by atoms with Crippen LogP contribution in [0.25, 0.3) is 11.3 Å². The van der Waals surface area contributed by atoms with E-state index in [2.05, 4.69) is 41.3 Å². The number of hydrogen-bond donors (Lipinski definition) is 3. The Morgan fingerprint density at radius 2 is 2.06 bits per heavy atom. The molecule has 0 unspecified atom stereocenters. The Labute approximate surface area is 183 Å².